The van der Waals surface area contributed by atoms with Crippen LogP contribution in [0.3, 0.4) is 0 Å². The van der Waals surface area contributed by atoms with Crippen LogP contribution in [-0.2, 0) is 0 Å². The Morgan fingerprint density at radius 3 is 2.62 bits per heavy atom. The summed E-state index contributed by atoms with van der Waals surface area (Å²) in [7, 11) is 2.14. The number of nitrogens with one attached hydrogen (secondary N) is 1. The molecule has 1 aliphatic heterocycles. The summed E-state index contributed by atoms with van der Waals surface area (Å²) in [6.45, 7) is 4.05. The highest BCUT2D eigenvalue weighted by atomic mass is 35.5. The van der Waals surface area contributed by atoms with E-state index < -0.39 is 0 Å². The minimum absolute atomic E-state index is 0.263. The van der Waals surface area contributed by atoms with Crippen LogP contribution < -0.4 is 10.2 Å². The topological polar surface area (TPSA) is 48.5 Å². The van der Waals surface area contributed by atoms with Gasteiger partial charge in [-0.05, 0) is 31.3 Å². The van der Waals surface area contributed by atoms with E-state index in [1.807, 2.05) is 18.2 Å². The summed E-state index contributed by atoms with van der Waals surface area (Å²) < 4.78 is 1.93. The van der Waals surface area contributed by atoms with Gasteiger partial charge in [-0.3, -0.25) is 4.79 Å². The molecule has 9 heteroatoms. The van der Waals surface area contributed by atoms with Crippen LogP contribution in [-0.4, -0.2) is 49.0 Å². The number of anilines is 2. The molecule has 0 radical (unpaired) electrons. The Bertz CT molecular complexity index is 963. The Morgan fingerprint density at radius 2 is 1.92 bits per heavy atom. The third-order valence-electron chi connectivity index (χ3n) is 4.31. The van der Waals surface area contributed by atoms with Gasteiger partial charge in [0.05, 0.1) is 20.1 Å². The molecule has 136 valence electrons. The highest BCUT2D eigenvalue weighted by Crippen LogP contribution is 2.33. The Labute approximate surface area is 169 Å². The molecule has 0 unspecified atom stereocenters. The molecule has 2 aromatic heterocycles. The number of thiazole rings is 1. The average Bonchev–Trinajstić information content (AvgIpc) is 3.17. The summed E-state index contributed by atoms with van der Waals surface area (Å²) in [5.74, 6) is -0.263. The molecule has 1 aromatic carbocycles. The van der Waals surface area contributed by atoms with E-state index in [1.54, 1.807) is 17.4 Å². The summed E-state index contributed by atoms with van der Waals surface area (Å²) in [5.41, 5.74) is 2.05. The fourth-order valence-corrected chi connectivity index (χ4v) is 5.33. The van der Waals surface area contributed by atoms with Gasteiger partial charge in [-0.2, -0.15) is 0 Å². The van der Waals surface area contributed by atoms with Crippen LogP contribution in [0.5, 0.6) is 0 Å². The molecule has 0 saturated carbocycles. The van der Waals surface area contributed by atoms with Crippen LogP contribution in [0.2, 0.25) is 8.67 Å². The number of carbonyl (C=O) groups excluding carboxylic acids is 1. The zero-order valence-electron chi connectivity index (χ0n) is 14.0. The number of amides is 1. The van der Waals surface area contributed by atoms with Crippen molar-refractivity contribution in [2.45, 2.75) is 0 Å². The van der Waals surface area contributed by atoms with Crippen molar-refractivity contribution in [3.63, 3.8) is 0 Å². The fraction of sp³-hybridized carbons (Fsp3) is 0.294. The van der Waals surface area contributed by atoms with E-state index in [-0.39, 0.29) is 5.91 Å². The first-order valence-corrected chi connectivity index (χ1v) is 10.5. The number of hydrogen-bond acceptors (Lipinski definition) is 6. The Hall–Kier alpha value is -1.38. The molecule has 5 nitrogen and oxygen atoms in total. The van der Waals surface area contributed by atoms with Crippen LogP contribution in [0.15, 0.2) is 24.3 Å². The molecule has 4 rings (SSSR count). The van der Waals surface area contributed by atoms with Crippen LogP contribution in [0.1, 0.15) is 10.4 Å². The van der Waals surface area contributed by atoms with Crippen molar-refractivity contribution in [1.29, 1.82) is 0 Å². The van der Waals surface area contributed by atoms with Crippen molar-refractivity contribution in [2.24, 2.45) is 0 Å². The Balaban J connectivity index is 1.54. The predicted octanol–water partition coefficient (Wildman–Crippen LogP) is 4.67. The maximum atomic E-state index is 12.4. The van der Waals surface area contributed by atoms with Gasteiger partial charge in [0.15, 0.2) is 5.13 Å². The molecule has 0 aliphatic carbocycles. The lowest BCUT2D eigenvalue weighted by Gasteiger charge is -2.31. The van der Waals surface area contributed by atoms with Gasteiger partial charge < -0.3 is 15.1 Å². The van der Waals surface area contributed by atoms with Gasteiger partial charge in [0.1, 0.15) is 4.34 Å². The van der Waals surface area contributed by atoms with Crippen molar-refractivity contribution in [3.05, 3.63) is 38.5 Å². The molecule has 0 bridgehead atoms. The second-order valence-corrected chi connectivity index (χ2v) is 9.46. The van der Waals surface area contributed by atoms with E-state index in [9.17, 15) is 4.79 Å². The third kappa shape index (κ3) is 3.68. The molecule has 0 atom stereocenters. The Kier molecular flexibility index (Phi) is 5.07. The third-order valence-corrected chi connectivity index (χ3v) is 6.88. The van der Waals surface area contributed by atoms with E-state index in [0.717, 1.165) is 47.2 Å². The number of hydrogen-bond donors (Lipinski definition) is 1. The summed E-state index contributed by atoms with van der Waals surface area (Å²) in [6.07, 6.45) is 0. The van der Waals surface area contributed by atoms with E-state index in [0.29, 0.717) is 14.2 Å². The quantitative estimate of drug-likeness (QED) is 0.660. The molecular weight excluding hydrogens is 411 g/mol. The normalized spacial score (nSPS) is 15.6. The molecule has 1 fully saturated rings. The van der Waals surface area contributed by atoms with Crippen LogP contribution in [0.4, 0.5) is 10.8 Å². The van der Waals surface area contributed by atoms with Crippen molar-refractivity contribution in [2.75, 3.05) is 43.4 Å². The Morgan fingerprint density at radius 1 is 1.15 bits per heavy atom. The first kappa shape index (κ1) is 18.0. The number of piperazine rings is 1. The first-order chi connectivity index (χ1) is 12.5. The number of rotatable bonds is 3. The summed E-state index contributed by atoms with van der Waals surface area (Å²) >= 11 is 14.8. The largest absolute Gasteiger partial charge is 0.345 e. The lowest BCUT2D eigenvalue weighted by molar-refractivity contribution is 0.102. The zero-order valence-corrected chi connectivity index (χ0v) is 17.1. The number of nitrogens with zero attached hydrogens (tertiary/aromatic N) is 3. The van der Waals surface area contributed by atoms with Crippen LogP contribution in [0.25, 0.3) is 10.2 Å². The number of carbonyl (C=O) groups is 1. The van der Waals surface area contributed by atoms with Crippen molar-refractivity contribution >= 4 is 72.8 Å². The molecular formula is C17H16Cl2N4OS2. The van der Waals surface area contributed by atoms with E-state index in [2.05, 4.69) is 22.2 Å². The zero-order chi connectivity index (χ0) is 18.3. The lowest BCUT2D eigenvalue weighted by Crippen LogP contribution is -2.44. The van der Waals surface area contributed by atoms with Gasteiger partial charge >= 0.3 is 0 Å². The summed E-state index contributed by atoms with van der Waals surface area (Å²) in [5, 5.41) is 3.91. The predicted molar refractivity (Wildman–Crippen MR) is 112 cm³/mol. The van der Waals surface area contributed by atoms with Gasteiger partial charge in [0.2, 0.25) is 0 Å². The van der Waals surface area contributed by atoms with E-state index in [4.69, 9.17) is 28.2 Å². The minimum Gasteiger partial charge on any atom is -0.345 e. The molecule has 1 aliphatic rings. The number of likely N-dealkylation sites (N-methyl/N-ethyl adjacent to an activating group) is 1. The number of aromatic nitrogens is 1. The van der Waals surface area contributed by atoms with Crippen molar-refractivity contribution < 1.29 is 4.79 Å². The number of fused-ring (bicyclic) bond motifs is 1. The van der Waals surface area contributed by atoms with Crippen LogP contribution >= 0.6 is 45.9 Å². The van der Waals surface area contributed by atoms with Gasteiger partial charge in [-0.1, -0.05) is 34.5 Å². The summed E-state index contributed by atoms with van der Waals surface area (Å²) in [4.78, 5) is 21.8. The number of benzene rings is 1. The fourth-order valence-electron chi connectivity index (χ4n) is 2.82. The SMILES string of the molecule is CN1CCN(c2nc3ccc(NC(=O)c4cc(Cl)sc4Cl)cc3s2)CC1. The maximum Gasteiger partial charge on any atom is 0.258 e. The second-order valence-electron chi connectivity index (χ2n) is 6.16. The van der Waals surface area contributed by atoms with Crippen molar-refractivity contribution in [3.8, 4) is 0 Å². The van der Waals surface area contributed by atoms with E-state index in [1.165, 1.54) is 11.3 Å². The molecule has 1 N–H and O–H groups in total. The van der Waals surface area contributed by atoms with Gasteiger partial charge in [0, 0.05) is 31.9 Å². The van der Waals surface area contributed by atoms with Crippen LogP contribution in [0, 0.1) is 0 Å². The number of halogens is 2. The molecule has 1 amide bonds. The van der Waals surface area contributed by atoms with Crippen molar-refractivity contribution in [1.82, 2.24) is 9.88 Å². The highest BCUT2D eigenvalue weighted by molar-refractivity contribution is 7.22. The highest BCUT2D eigenvalue weighted by Gasteiger charge is 2.18. The molecule has 26 heavy (non-hydrogen) atoms. The van der Waals surface area contributed by atoms with Gasteiger partial charge in [-0.25, -0.2) is 4.98 Å². The maximum absolute atomic E-state index is 12.4. The van der Waals surface area contributed by atoms with E-state index >= 15 is 0 Å². The first-order valence-electron chi connectivity index (χ1n) is 8.10. The monoisotopic (exact) mass is 426 g/mol. The smallest absolute Gasteiger partial charge is 0.258 e. The molecule has 1 saturated heterocycles. The lowest BCUT2D eigenvalue weighted by atomic mass is 10.2. The summed E-state index contributed by atoms with van der Waals surface area (Å²) in [6, 6.07) is 7.33. The number of thiophene rings is 1. The molecule has 3 heterocycles. The minimum atomic E-state index is -0.263. The molecule has 3 aromatic rings. The average molecular weight is 427 g/mol. The second kappa shape index (κ2) is 7.32. The molecule has 0 spiro atoms. The standard InChI is InChI=1S/C17H16Cl2N4OS2/c1-22-4-6-23(7-5-22)17-21-12-3-2-10(8-13(12)25-17)20-16(24)11-9-14(18)26-15(11)19/h2-3,8-9H,4-7H2,1H3,(H,20,24). The van der Waals surface area contributed by atoms with Gasteiger partial charge in [-0.15, -0.1) is 11.3 Å². The van der Waals surface area contributed by atoms with Gasteiger partial charge in [0.25, 0.3) is 5.91 Å².